The van der Waals surface area contributed by atoms with E-state index in [0.29, 0.717) is 12.1 Å². The first-order chi connectivity index (χ1) is 8.91. The molecule has 1 aromatic heterocycles. The molecule has 0 radical (unpaired) electrons. The van der Waals surface area contributed by atoms with Crippen molar-refractivity contribution in [3.8, 4) is 0 Å². The lowest BCUT2D eigenvalue weighted by atomic mass is 10.2. The topological polar surface area (TPSA) is 111 Å². The standard InChI is InChI=1S/C10H17N5O3S/c1-14(9-2-3-19(17,18)7-9)10(16)6-15-5-8(4-11)12-13-15/h5,9H,2-4,6-7,11H2,1H3. The molecule has 106 valence electrons. The van der Waals surface area contributed by atoms with Gasteiger partial charge in [0.15, 0.2) is 9.84 Å². The van der Waals surface area contributed by atoms with E-state index in [1.807, 2.05) is 0 Å². The number of likely N-dealkylation sites (N-methyl/N-ethyl adjacent to an activating group) is 1. The SMILES string of the molecule is CN(C(=O)Cn1cc(CN)nn1)C1CCS(=O)(=O)C1. The summed E-state index contributed by atoms with van der Waals surface area (Å²) in [7, 11) is -1.37. The maximum atomic E-state index is 12.0. The van der Waals surface area contributed by atoms with Crippen molar-refractivity contribution in [2.24, 2.45) is 5.73 Å². The molecule has 1 saturated heterocycles. The Morgan fingerprint density at radius 1 is 1.63 bits per heavy atom. The van der Waals surface area contributed by atoms with Crippen molar-refractivity contribution in [2.75, 3.05) is 18.6 Å². The Kier molecular flexibility index (Phi) is 3.85. The quantitative estimate of drug-likeness (QED) is 0.712. The van der Waals surface area contributed by atoms with E-state index in [-0.39, 0.29) is 36.5 Å². The van der Waals surface area contributed by atoms with E-state index in [1.54, 1.807) is 13.2 Å². The zero-order chi connectivity index (χ0) is 14.0. The molecule has 0 saturated carbocycles. The van der Waals surface area contributed by atoms with Crippen molar-refractivity contribution < 1.29 is 13.2 Å². The van der Waals surface area contributed by atoms with E-state index in [9.17, 15) is 13.2 Å². The van der Waals surface area contributed by atoms with E-state index >= 15 is 0 Å². The van der Waals surface area contributed by atoms with Crippen molar-refractivity contribution in [3.05, 3.63) is 11.9 Å². The highest BCUT2D eigenvalue weighted by Crippen LogP contribution is 2.16. The average Bonchev–Trinajstić information content (AvgIpc) is 2.94. The van der Waals surface area contributed by atoms with Crippen molar-refractivity contribution in [2.45, 2.75) is 25.6 Å². The summed E-state index contributed by atoms with van der Waals surface area (Å²) in [4.78, 5) is 13.5. The molecule has 0 spiro atoms. The van der Waals surface area contributed by atoms with Crippen LogP contribution in [0.2, 0.25) is 0 Å². The van der Waals surface area contributed by atoms with Gasteiger partial charge in [-0.15, -0.1) is 5.10 Å². The normalized spacial score (nSPS) is 21.5. The Labute approximate surface area is 111 Å². The van der Waals surface area contributed by atoms with Gasteiger partial charge in [0.1, 0.15) is 6.54 Å². The van der Waals surface area contributed by atoms with Crippen LogP contribution < -0.4 is 5.73 Å². The van der Waals surface area contributed by atoms with E-state index in [4.69, 9.17) is 5.73 Å². The van der Waals surface area contributed by atoms with Gasteiger partial charge < -0.3 is 10.6 Å². The number of rotatable bonds is 4. The first-order valence-electron chi connectivity index (χ1n) is 5.96. The molecule has 1 aliphatic rings. The number of amides is 1. The first-order valence-corrected chi connectivity index (χ1v) is 7.78. The molecule has 1 fully saturated rings. The summed E-state index contributed by atoms with van der Waals surface area (Å²) in [5, 5.41) is 7.57. The van der Waals surface area contributed by atoms with Gasteiger partial charge in [0.25, 0.3) is 0 Å². The number of aromatic nitrogens is 3. The van der Waals surface area contributed by atoms with Crippen LogP contribution in [-0.4, -0.2) is 58.8 Å². The fourth-order valence-corrected chi connectivity index (χ4v) is 3.82. The van der Waals surface area contributed by atoms with Crippen LogP contribution in [0.3, 0.4) is 0 Å². The van der Waals surface area contributed by atoms with Gasteiger partial charge in [0, 0.05) is 19.6 Å². The van der Waals surface area contributed by atoms with Crippen molar-refractivity contribution >= 4 is 15.7 Å². The van der Waals surface area contributed by atoms with Crippen LogP contribution in [0.25, 0.3) is 0 Å². The van der Waals surface area contributed by atoms with Gasteiger partial charge in [0.05, 0.1) is 23.4 Å². The number of hydrogen-bond acceptors (Lipinski definition) is 6. The predicted molar refractivity (Wildman–Crippen MR) is 67.7 cm³/mol. The highest BCUT2D eigenvalue weighted by Gasteiger charge is 2.32. The minimum absolute atomic E-state index is 0.0417. The lowest BCUT2D eigenvalue weighted by Gasteiger charge is -2.23. The van der Waals surface area contributed by atoms with Crippen LogP contribution in [0.15, 0.2) is 6.20 Å². The van der Waals surface area contributed by atoms with Gasteiger partial charge in [-0.1, -0.05) is 5.21 Å². The molecule has 2 rings (SSSR count). The molecule has 1 unspecified atom stereocenters. The number of hydrogen-bond donors (Lipinski definition) is 1. The second-order valence-corrected chi connectivity index (χ2v) is 6.90. The second kappa shape index (κ2) is 5.25. The number of carbonyl (C=O) groups is 1. The lowest BCUT2D eigenvalue weighted by Crippen LogP contribution is -2.39. The van der Waals surface area contributed by atoms with Crippen LogP contribution in [0, 0.1) is 0 Å². The third kappa shape index (κ3) is 3.29. The van der Waals surface area contributed by atoms with E-state index in [0.717, 1.165) is 0 Å². The lowest BCUT2D eigenvalue weighted by molar-refractivity contribution is -0.132. The van der Waals surface area contributed by atoms with Crippen LogP contribution >= 0.6 is 0 Å². The molecule has 9 heteroatoms. The van der Waals surface area contributed by atoms with Gasteiger partial charge in [-0.3, -0.25) is 4.79 Å². The molecule has 8 nitrogen and oxygen atoms in total. The third-order valence-electron chi connectivity index (χ3n) is 3.24. The molecule has 0 aliphatic carbocycles. The summed E-state index contributed by atoms with van der Waals surface area (Å²) < 4.78 is 24.2. The fraction of sp³-hybridized carbons (Fsp3) is 0.700. The molecule has 1 aliphatic heterocycles. The number of sulfone groups is 1. The monoisotopic (exact) mass is 287 g/mol. The summed E-state index contributed by atoms with van der Waals surface area (Å²) in [6.45, 7) is 0.310. The Morgan fingerprint density at radius 3 is 2.89 bits per heavy atom. The maximum absolute atomic E-state index is 12.0. The number of nitrogens with zero attached hydrogens (tertiary/aromatic N) is 4. The Hall–Kier alpha value is -1.48. The van der Waals surface area contributed by atoms with E-state index < -0.39 is 9.84 Å². The molecule has 2 heterocycles. The summed E-state index contributed by atoms with van der Waals surface area (Å²) in [6.07, 6.45) is 2.10. The minimum Gasteiger partial charge on any atom is -0.340 e. The van der Waals surface area contributed by atoms with Gasteiger partial charge >= 0.3 is 0 Å². The molecule has 1 atom stereocenters. The van der Waals surface area contributed by atoms with Gasteiger partial charge in [-0.05, 0) is 6.42 Å². The average molecular weight is 287 g/mol. The van der Waals surface area contributed by atoms with Crippen LogP contribution in [0.4, 0.5) is 0 Å². The largest absolute Gasteiger partial charge is 0.340 e. The van der Waals surface area contributed by atoms with Crippen LogP contribution in [-0.2, 0) is 27.7 Å². The van der Waals surface area contributed by atoms with Gasteiger partial charge in [-0.25, -0.2) is 13.1 Å². The molecular weight excluding hydrogens is 270 g/mol. The predicted octanol–water partition coefficient (Wildman–Crippen LogP) is -1.62. The molecule has 0 aromatic carbocycles. The van der Waals surface area contributed by atoms with E-state index in [2.05, 4.69) is 10.3 Å². The van der Waals surface area contributed by atoms with Gasteiger partial charge in [-0.2, -0.15) is 0 Å². The summed E-state index contributed by atoms with van der Waals surface area (Å²) in [5.74, 6) is 0.00640. The molecule has 1 amide bonds. The summed E-state index contributed by atoms with van der Waals surface area (Å²) in [6, 6.07) is -0.241. The molecule has 0 bridgehead atoms. The van der Waals surface area contributed by atoms with Gasteiger partial charge in [0.2, 0.25) is 5.91 Å². The number of nitrogens with two attached hydrogens (primary N) is 1. The van der Waals surface area contributed by atoms with Crippen molar-refractivity contribution in [3.63, 3.8) is 0 Å². The van der Waals surface area contributed by atoms with Crippen LogP contribution in [0.1, 0.15) is 12.1 Å². The summed E-state index contributed by atoms with van der Waals surface area (Å²) >= 11 is 0. The second-order valence-electron chi connectivity index (χ2n) is 4.67. The smallest absolute Gasteiger partial charge is 0.244 e. The molecule has 19 heavy (non-hydrogen) atoms. The zero-order valence-electron chi connectivity index (χ0n) is 10.7. The number of carbonyl (C=O) groups excluding carboxylic acids is 1. The molecule has 2 N–H and O–H groups in total. The molecule has 1 aromatic rings. The maximum Gasteiger partial charge on any atom is 0.244 e. The Morgan fingerprint density at radius 2 is 2.37 bits per heavy atom. The molecular formula is C10H17N5O3S. The zero-order valence-corrected chi connectivity index (χ0v) is 11.5. The van der Waals surface area contributed by atoms with E-state index in [1.165, 1.54) is 9.58 Å². The highest BCUT2D eigenvalue weighted by atomic mass is 32.2. The van der Waals surface area contributed by atoms with Crippen LogP contribution in [0.5, 0.6) is 0 Å². The minimum atomic E-state index is -2.99. The fourth-order valence-electron chi connectivity index (χ4n) is 2.04. The Balaban J connectivity index is 1.96. The Bertz CT molecular complexity index is 567. The summed E-state index contributed by atoms with van der Waals surface area (Å²) in [5.41, 5.74) is 6.02. The highest BCUT2D eigenvalue weighted by molar-refractivity contribution is 7.91. The van der Waals surface area contributed by atoms with Crippen molar-refractivity contribution in [1.29, 1.82) is 0 Å². The van der Waals surface area contributed by atoms with Crippen molar-refractivity contribution in [1.82, 2.24) is 19.9 Å². The third-order valence-corrected chi connectivity index (χ3v) is 4.99. The first kappa shape index (κ1) is 13.9.